The van der Waals surface area contributed by atoms with Crippen molar-refractivity contribution in [1.29, 1.82) is 0 Å². The van der Waals surface area contributed by atoms with Crippen LogP contribution in [0.15, 0.2) is 18.2 Å². The average Bonchev–Trinajstić information content (AvgIpc) is 2.42. The van der Waals surface area contributed by atoms with Crippen LogP contribution in [0.25, 0.3) is 0 Å². The van der Waals surface area contributed by atoms with Gasteiger partial charge in [0, 0.05) is 38.5 Å². The molecule has 19 heavy (non-hydrogen) atoms. The fraction of sp³-hybridized carbons (Fsp3) is 0.600. The molecule has 0 saturated carbocycles. The molecule has 0 aliphatic carbocycles. The van der Waals surface area contributed by atoms with Crippen molar-refractivity contribution < 1.29 is 9.47 Å². The predicted octanol–water partition coefficient (Wildman–Crippen LogP) is 2.26. The van der Waals surface area contributed by atoms with Gasteiger partial charge in [0.25, 0.3) is 0 Å². The van der Waals surface area contributed by atoms with Gasteiger partial charge in [-0.3, -0.25) is 0 Å². The first-order valence-electron chi connectivity index (χ1n) is 6.73. The monoisotopic (exact) mass is 266 g/mol. The minimum atomic E-state index is 0.529. The average molecular weight is 266 g/mol. The number of methoxy groups -OCH3 is 2. The fourth-order valence-corrected chi connectivity index (χ4v) is 2.09. The second-order valence-corrected chi connectivity index (χ2v) is 5.03. The van der Waals surface area contributed by atoms with Gasteiger partial charge in [0.2, 0.25) is 0 Å². The molecule has 1 aromatic rings. The molecule has 1 aromatic carbocycles. The van der Waals surface area contributed by atoms with Gasteiger partial charge in [0.15, 0.2) is 0 Å². The third-order valence-electron chi connectivity index (χ3n) is 3.00. The number of nitrogens with two attached hydrogens (primary N) is 1. The summed E-state index contributed by atoms with van der Waals surface area (Å²) in [5.74, 6) is 1.44. The van der Waals surface area contributed by atoms with Crippen molar-refractivity contribution in [2.45, 2.75) is 20.4 Å². The Morgan fingerprint density at radius 2 is 2.00 bits per heavy atom. The summed E-state index contributed by atoms with van der Waals surface area (Å²) in [6, 6.07) is 6.05. The highest BCUT2D eigenvalue weighted by Gasteiger charge is 2.13. The van der Waals surface area contributed by atoms with Crippen molar-refractivity contribution in [2.24, 2.45) is 11.7 Å². The van der Waals surface area contributed by atoms with Crippen molar-refractivity contribution in [3.8, 4) is 5.75 Å². The maximum atomic E-state index is 5.84. The molecule has 1 rings (SSSR count). The molecule has 0 fully saturated rings. The Labute approximate surface area is 116 Å². The Morgan fingerprint density at radius 1 is 1.26 bits per heavy atom. The van der Waals surface area contributed by atoms with E-state index in [1.807, 2.05) is 12.1 Å². The maximum Gasteiger partial charge on any atom is 0.120 e. The Bertz CT molecular complexity index is 380. The van der Waals surface area contributed by atoms with E-state index >= 15 is 0 Å². The van der Waals surface area contributed by atoms with Gasteiger partial charge in [0.1, 0.15) is 5.75 Å². The van der Waals surface area contributed by atoms with Crippen LogP contribution in [-0.2, 0) is 11.3 Å². The van der Waals surface area contributed by atoms with Crippen LogP contribution in [0.2, 0.25) is 0 Å². The summed E-state index contributed by atoms with van der Waals surface area (Å²) in [5, 5.41) is 0. The van der Waals surface area contributed by atoms with Gasteiger partial charge in [-0.1, -0.05) is 19.9 Å². The molecule has 0 bridgehead atoms. The molecule has 0 amide bonds. The lowest BCUT2D eigenvalue weighted by Crippen LogP contribution is -2.32. The quantitative estimate of drug-likeness (QED) is 0.784. The number of ether oxygens (including phenoxy) is 2. The Morgan fingerprint density at radius 3 is 2.53 bits per heavy atom. The van der Waals surface area contributed by atoms with Gasteiger partial charge < -0.3 is 20.1 Å². The number of hydrogen-bond acceptors (Lipinski definition) is 4. The van der Waals surface area contributed by atoms with E-state index in [2.05, 4.69) is 24.8 Å². The Kier molecular flexibility index (Phi) is 6.67. The molecule has 0 saturated heterocycles. The Balaban J connectivity index is 3.03. The standard InChI is InChI=1S/C15H26N2O2/c1-12(2)11-17(7-8-18-3)15-9-14(19-4)6-5-13(15)10-16/h5-6,9,12H,7-8,10-11,16H2,1-4H3. The van der Waals surface area contributed by atoms with Crippen LogP contribution in [0.1, 0.15) is 19.4 Å². The van der Waals surface area contributed by atoms with Crippen LogP contribution in [-0.4, -0.2) is 33.9 Å². The van der Waals surface area contributed by atoms with Crippen LogP contribution in [0.4, 0.5) is 5.69 Å². The van der Waals surface area contributed by atoms with E-state index in [1.165, 1.54) is 0 Å². The molecular weight excluding hydrogens is 240 g/mol. The molecule has 4 nitrogen and oxygen atoms in total. The smallest absolute Gasteiger partial charge is 0.120 e. The lowest BCUT2D eigenvalue weighted by atomic mass is 10.1. The highest BCUT2D eigenvalue weighted by Crippen LogP contribution is 2.26. The SMILES string of the molecule is COCCN(CC(C)C)c1cc(OC)ccc1CN. The fourth-order valence-electron chi connectivity index (χ4n) is 2.09. The molecule has 2 N–H and O–H groups in total. The van der Waals surface area contributed by atoms with Crippen LogP contribution >= 0.6 is 0 Å². The molecule has 4 heteroatoms. The molecule has 0 unspecified atom stereocenters. The number of nitrogens with zero attached hydrogens (tertiary/aromatic N) is 1. The van der Waals surface area contributed by atoms with Crippen molar-refractivity contribution in [3.05, 3.63) is 23.8 Å². The third-order valence-corrected chi connectivity index (χ3v) is 3.00. The number of benzene rings is 1. The molecule has 108 valence electrons. The Hall–Kier alpha value is -1.26. The molecular formula is C15H26N2O2. The van der Waals surface area contributed by atoms with Crippen LogP contribution in [0, 0.1) is 5.92 Å². The highest BCUT2D eigenvalue weighted by molar-refractivity contribution is 5.57. The highest BCUT2D eigenvalue weighted by atomic mass is 16.5. The van der Waals surface area contributed by atoms with E-state index in [0.717, 1.165) is 30.1 Å². The van der Waals surface area contributed by atoms with E-state index in [0.29, 0.717) is 19.1 Å². The van der Waals surface area contributed by atoms with Crippen LogP contribution in [0.5, 0.6) is 5.75 Å². The molecule has 0 aromatic heterocycles. The summed E-state index contributed by atoms with van der Waals surface area (Å²) in [6.45, 7) is 7.48. The second kappa shape index (κ2) is 8.02. The topological polar surface area (TPSA) is 47.7 Å². The molecule has 0 aliphatic heterocycles. The number of anilines is 1. The predicted molar refractivity (Wildman–Crippen MR) is 79.8 cm³/mol. The van der Waals surface area contributed by atoms with E-state index < -0.39 is 0 Å². The summed E-state index contributed by atoms with van der Waals surface area (Å²) >= 11 is 0. The van der Waals surface area contributed by atoms with Gasteiger partial charge in [-0.05, 0) is 17.5 Å². The number of rotatable bonds is 8. The molecule has 0 aliphatic rings. The zero-order valence-corrected chi connectivity index (χ0v) is 12.5. The maximum absolute atomic E-state index is 5.84. The van der Waals surface area contributed by atoms with Gasteiger partial charge in [0.05, 0.1) is 13.7 Å². The molecule has 0 atom stereocenters. The van der Waals surface area contributed by atoms with Crippen molar-refractivity contribution in [1.82, 2.24) is 0 Å². The lowest BCUT2D eigenvalue weighted by Gasteiger charge is -2.28. The van der Waals surface area contributed by atoms with E-state index in [4.69, 9.17) is 15.2 Å². The summed E-state index contributed by atoms with van der Waals surface area (Å²) in [5.41, 5.74) is 8.12. The van der Waals surface area contributed by atoms with E-state index in [1.54, 1.807) is 14.2 Å². The zero-order valence-electron chi connectivity index (χ0n) is 12.5. The minimum absolute atomic E-state index is 0.529. The van der Waals surface area contributed by atoms with Crippen molar-refractivity contribution in [2.75, 3.05) is 38.8 Å². The molecule has 0 radical (unpaired) electrons. The van der Waals surface area contributed by atoms with E-state index in [-0.39, 0.29) is 0 Å². The van der Waals surface area contributed by atoms with Gasteiger partial charge in [-0.25, -0.2) is 0 Å². The van der Waals surface area contributed by atoms with E-state index in [9.17, 15) is 0 Å². The summed E-state index contributed by atoms with van der Waals surface area (Å²) in [4.78, 5) is 2.32. The van der Waals surface area contributed by atoms with Crippen molar-refractivity contribution >= 4 is 5.69 Å². The second-order valence-electron chi connectivity index (χ2n) is 5.03. The lowest BCUT2D eigenvalue weighted by molar-refractivity contribution is 0.204. The third kappa shape index (κ3) is 4.73. The number of hydrogen-bond donors (Lipinski definition) is 1. The van der Waals surface area contributed by atoms with Crippen LogP contribution < -0.4 is 15.4 Å². The summed E-state index contributed by atoms with van der Waals surface area (Å²) in [6.07, 6.45) is 0. The molecule has 0 spiro atoms. The normalized spacial score (nSPS) is 10.8. The zero-order chi connectivity index (χ0) is 14.3. The first-order chi connectivity index (χ1) is 9.12. The largest absolute Gasteiger partial charge is 0.497 e. The van der Waals surface area contributed by atoms with Gasteiger partial charge in [-0.15, -0.1) is 0 Å². The van der Waals surface area contributed by atoms with Crippen LogP contribution in [0.3, 0.4) is 0 Å². The summed E-state index contributed by atoms with van der Waals surface area (Å²) in [7, 11) is 3.41. The minimum Gasteiger partial charge on any atom is -0.497 e. The molecule has 0 heterocycles. The van der Waals surface area contributed by atoms with Gasteiger partial charge >= 0.3 is 0 Å². The summed E-state index contributed by atoms with van der Waals surface area (Å²) < 4.78 is 10.5. The first-order valence-corrected chi connectivity index (χ1v) is 6.73. The first kappa shape index (κ1) is 15.8. The van der Waals surface area contributed by atoms with Gasteiger partial charge in [-0.2, -0.15) is 0 Å². The van der Waals surface area contributed by atoms with Crippen molar-refractivity contribution in [3.63, 3.8) is 0 Å².